The van der Waals surface area contributed by atoms with E-state index in [4.69, 9.17) is 4.74 Å². The summed E-state index contributed by atoms with van der Waals surface area (Å²) in [5, 5.41) is 7.14. The van der Waals surface area contributed by atoms with Gasteiger partial charge in [-0.3, -0.25) is 9.89 Å². The van der Waals surface area contributed by atoms with Gasteiger partial charge in [-0.1, -0.05) is 12.1 Å². The van der Waals surface area contributed by atoms with Crippen molar-refractivity contribution in [1.82, 2.24) is 20.1 Å². The Balaban J connectivity index is 1.83. The number of benzene rings is 1. The number of aryl methyl sites for hydroxylation is 2. The fourth-order valence-corrected chi connectivity index (χ4v) is 3.16. The largest absolute Gasteiger partial charge is 0.496 e. The van der Waals surface area contributed by atoms with E-state index < -0.39 is 0 Å². The number of amides is 1. The van der Waals surface area contributed by atoms with E-state index in [0.29, 0.717) is 17.9 Å². The molecule has 1 aliphatic heterocycles. The summed E-state index contributed by atoms with van der Waals surface area (Å²) in [5.41, 5.74) is 1.59. The molecule has 122 valence electrons. The number of carbonyl (C=O) groups excluding carboxylic acids is 1. The molecule has 1 N–H and O–H groups in total. The summed E-state index contributed by atoms with van der Waals surface area (Å²) in [5.74, 6) is 2.45. The molecule has 1 atom stereocenters. The zero-order chi connectivity index (χ0) is 16.4. The third-order valence-electron chi connectivity index (χ3n) is 4.36. The number of hydrogen-bond donors (Lipinski definition) is 1. The third kappa shape index (κ3) is 3.06. The molecule has 1 aliphatic rings. The summed E-state index contributed by atoms with van der Waals surface area (Å²) in [6, 6.07) is 5.68. The summed E-state index contributed by atoms with van der Waals surface area (Å²) in [6.07, 6.45) is 1.96. The van der Waals surface area contributed by atoms with Crippen LogP contribution in [-0.4, -0.2) is 46.2 Å². The van der Waals surface area contributed by atoms with Crippen molar-refractivity contribution in [2.75, 3.05) is 20.2 Å². The minimum atomic E-state index is 0.0249. The minimum absolute atomic E-state index is 0.0249. The first-order valence-corrected chi connectivity index (χ1v) is 7.92. The molecule has 1 aromatic heterocycles. The molecular weight excluding hydrogens is 292 g/mol. The maximum Gasteiger partial charge on any atom is 0.257 e. The van der Waals surface area contributed by atoms with E-state index in [9.17, 15) is 4.79 Å². The quantitative estimate of drug-likeness (QED) is 0.944. The molecule has 1 amide bonds. The van der Waals surface area contributed by atoms with Gasteiger partial charge in [0, 0.05) is 19.0 Å². The van der Waals surface area contributed by atoms with Crippen LogP contribution in [0.25, 0.3) is 0 Å². The van der Waals surface area contributed by atoms with E-state index in [0.717, 1.165) is 36.6 Å². The molecule has 6 heteroatoms. The van der Waals surface area contributed by atoms with Crippen molar-refractivity contribution in [2.24, 2.45) is 0 Å². The highest BCUT2D eigenvalue weighted by Gasteiger charge is 2.29. The van der Waals surface area contributed by atoms with Crippen molar-refractivity contribution in [1.29, 1.82) is 0 Å². The Morgan fingerprint density at radius 3 is 2.91 bits per heavy atom. The number of aromatic nitrogens is 3. The van der Waals surface area contributed by atoms with E-state index in [1.807, 2.05) is 36.9 Å². The van der Waals surface area contributed by atoms with Gasteiger partial charge in [-0.2, -0.15) is 5.10 Å². The van der Waals surface area contributed by atoms with Crippen molar-refractivity contribution >= 4 is 5.91 Å². The first-order valence-electron chi connectivity index (χ1n) is 7.92. The van der Waals surface area contributed by atoms with Crippen LogP contribution in [0.4, 0.5) is 0 Å². The summed E-state index contributed by atoms with van der Waals surface area (Å²) in [4.78, 5) is 19.3. The predicted molar refractivity (Wildman–Crippen MR) is 86.7 cm³/mol. The molecule has 0 spiro atoms. The second kappa shape index (κ2) is 6.40. The van der Waals surface area contributed by atoms with Gasteiger partial charge in [0.15, 0.2) is 5.82 Å². The molecule has 6 nitrogen and oxygen atoms in total. The van der Waals surface area contributed by atoms with E-state index in [2.05, 4.69) is 15.2 Å². The van der Waals surface area contributed by atoms with Crippen molar-refractivity contribution in [3.8, 4) is 5.75 Å². The molecule has 2 aromatic rings. The minimum Gasteiger partial charge on any atom is -0.496 e. The van der Waals surface area contributed by atoms with Crippen LogP contribution in [0.3, 0.4) is 0 Å². The fourth-order valence-electron chi connectivity index (χ4n) is 3.16. The van der Waals surface area contributed by atoms with Crippen LogP contribution in [0.5, 0.6) is 5.75 Å². The summed E-state index contributed by atoms with van der Waals surface area (Å²) < 4.78 is 5.38. The number of H-pyrrole nitrogens is 1. The van der Waals surface area contributed by atoms with Crippen molar-refractivity contribution < 1.29 is 9.53 Å². The molecule has 1 aromatic carbocycles. The number of ether oxygens (including phenoxy) is 1. The molecule has 0 saturated carbocycles. The zero-order valence-electron chi connectivity index (χ0n) is 13.8. The number of nitrogens with one attached hydrogen (secondary N) is 1. The van der Waals surface area contributed by atoms with Crippen molar-refractivity contribution in [3.05, 3.63) is 41.0 Å². The summed E-state index contributed by atoms with van der Waals surface area (Å²) in [6.45, 7) is 5.24. The SMILES string of the molecule is COc1cccc(C)c1C(=O)N1CCCC(c2n[nH]c(C)n2)C1. The van der Waals surface area contributed by atoms with Crippen LogP contribution in [0.1, 0.15) is 46.3 Å². The highest BCUT2D eigenvalue weighted by atomic mass is 16.5. The third-order valence-corrected chi connectivity index (χ3v) is 4.36. The van der Waals surface area contributed by atoms with Crippen LogP contribution < -0.4 is 4.74 Å². The average Bonchev–Trinajstić information content (AvgIpc) is 3.00. The lowest BCUT2D eigenvalue weighted by Gasteiger charge is -2.32. The second-order valence-corrected chi connectivity index (χ2v) is 6.02. The number of likely N-dealkylation sites (tertiary alicyclic amines) is 1. The van der Waals surface area contributed by atoms with Crippen LogP contribution in [0.2, 0.25) is 0 Å². The van der Waals surface area contributed by atoms with Gasteiger partial charge >= 0.3 is 0 Å². The highest BCUT2D eigenvalue weighted by molar-refractivity contribution is 5.98. The molecular formula is C17H22N4O2. The molecule has 0 radical (unpaired) electrons. The summed E-state index contributed by atoms with van der Waals surface area (Å²) in [7, 11) is 1.60. The maximum atomic E-state index is 13.0. The Kier molecular flexibility index (Phi) is 4.32. The van der Waals surface area contributed by atoms with Gasteiger partial charge in [-0.05, 0) is 38.3 Å². The normalized spacial score (nSPS) is 18.0. The predicted octanol–water partition coefficient (Wildman–Crippen LogP) is 2.45. The lowest BCUT2D eigenvalue weighted by Crippen LogP contribution is -2.39. The molecule has 2 heterocycles. The first-order chi connectivity index (χ1) is 11.1. The van der Waals surface area contributed by atoms with Gasteiger partial charge in [0.2, 0.25) is 0 Å². The number of nitrogens with zero attached hydrogens (tertiary/aromatic N) is 3. The van der Waals surface area contributed by atoms with Crippen LogP contribution in [-0.2, 0) is 0 Å². The van der Waals surface area contributed by atoms with Crippen molar-refractivity contribution in [3.63, 3.8) is 0 Å². The molecule has 0 bridgehead atoms. The standard InChI is InChI=1S/C17H22N4O2/c1-11-6-4-8-14(23-3)15(11)17(22)21-9-5-7-13(10-21)16-18-12(2)19-20-16/h4,6,8,13H,5,7,9-10H2,1-3H3,(H,18,19,20). The van der Waals surface area contributed by atoms with E-state index in [1.165, 1.54) is 0 Å². The average molecular weight is 314 g/mol. The lowest BCUT2D eigenvalue weighted by atomic mass is 9.96. The van der Waals surface area contributed by atoms with E-state index >= 15 is 0 Å². The molecule has 23 heavy (non-hydrogen) atoms. The van der Waals surface area contributed by atoms with E-state index in [1.54, 1.807) is 7.11 Å². The topological polar surface area (TPSA) is 71.1 Å². The fraction of sp³-hybridized carbons (Fsp3) is 0.471. The smallest absolute Gasteiger partial charge is 0.257 e. The van der Waals surface area contributed by atoms with Gasteiger partial charge in [0.25, 0.3) is 5.91 Å². The molecule has 1 unspecified atom stereocenters. The Morgan fingerprint density at radius 1 is 1.39 bits per heavy atom. The number of aromatic amines is 1. The molecule has 3 rings (SSSR count). The molecule has 1 fully saturated rings. The van der Waals surface area contributed by atoms with Crippen LogP contribution >= 0.6 is 0 Å². The number of carbonyl (C=O) groups is 1. The van der Waals surface area contributed by atoms with E-state index in [-0.39, 0.29) is 11.8 Å². The zero-order valence-corrected chi connectivity index (χ0v) is 13.8. The summed E-state index contributed by atoms with van der Waals surface area (Å²) >= 11 is 0. The van der Waals surface area contributed by atoms with Gasteiger partial charge < -0.3 is 9.64 Å². The molecule has 1 saturated heterocycles. The molecule has 0 aliphatic carbocycles. The Morgan fingerprint density at radius 2 is 2.22 bits per heavy atom. The van der Waals surface area contributed by atoms with Gasteiger partial charge in [0.1, 0.15) is 11.6 Å². The second-order valence-electron chi connectivity index (χ2n) is 6.02. The van der Waals surface area contributed by atoms with Gasteiger partial charge in [-0.15, -0.1) is 0 Å². The number of rotatable bonds is 3. The van der Waals surface area contributed by atoms with Crippen LogP contribution in [0, 0.1) is 13.8 Å². The Bertz CT molecular complexity index is 710. The Labute approximate surface area is 135 Å². The van der Waals surface area contributed by atoms with Crippen molar-refractivity contribution in [2.45, 2.75) is 32.6 Å². The lowest BCUT2D eigenvalue weighted by molar-refractivity contribution is 0.0700. The first kappa shape index (κ1) is 15.5. The maximum absolute atomic E-state index is 13.0. The highest BCUT2D eigenvalue weighted by Crippen LogP contribution is 2.29. The number of piperidine rings is 1. The van der Waals surface area contributed by atoms with Gasteiger partial charge in [-0.25, -0.2) is 4.98 Å². The monoisotopic (exact) mass is 314 g/mol. The van der Waals surface area contributed by atoms with Gasteiger partial charge in [0.05, 0.1) is 12.7 Å². The number of methoxy groups -OCH3 is 1. The Hall–Kier alpha value is -2.37. The number of hydrogen-bond acceptors (Lipinski definition) is 4. The van der Waals surface area contributed by atoms with Crippen LogP contribution in [0.15, 0.2) is 18.2 Å².